The number of unbranched alkanes of at least 4 members (excludes halogenated alkanes) is 14. The zero-order chi connectivity index (χ0) is 47.0. The number of quaternary nitrogens is 1. The first-order valence-corrected chi connectivity index (χ1v) is 25.3. The van der Waals surface area contributed by atoms with Crippen molar-refractivity contribution < 1.29 is 38.2 Å². The van der Waals surface area contributed by atoms with Crippen molar-refractivity contribution >= 4 is 17.9 Å². The zero-order valence-electron chi connectivity index (χ0n) is 41.4. The first-order valence-electron chi connectivity index (χ1n) is 25.3. The van der Waals surface area contributed by atoms with E-state index in [0.717, 1.165) is 77.0 Å². The van der Waals surface area contributed by atoms with Crippen LogP contribution in [0.25, 0.3) is 0 Å². The summed E-state index contributed by atoms with van der Waals surface area (Å²) in [5.74, 6) is -1.82. The van der Waals surface area contributed by atoms with Crippen LogP contribution in [0.5, 0.6) is 0 Å². The lowest BCUT2D eigenvalue weighted by Gasteiger charge is -2.34. The third-order valence-electron chi connectivity index (χ3n) is 10.7. The van der Waals surface area contributed by atoms with Gasteiger partial charge in [0.15, 0.2) is 6.10 Å². The minimum absolute atomic E-state index is 0.0165. The molecule has 2 unspecified atom stereocenters. The summed E-state index contributed by atoms with van der Waals surface area (Å²) >= 11 is 0. The van der Waals surface area contributed by atoms with Gasteiger partial charge in [-0.2, -0.15) is 0 Å². The maximum atomic E-state index is 12.8. The molecule has 8 heteroatoms. The van der Waals surface area contributed by atoms with E-state index < -0.39 is 18.1 Å². The predicted octanol–water partition coefficient (Wildman–Crippen LogP) is 13.3. The molecule has 8 nitrogen and oxygen atoms in total. The Hall–Kier alpha value is -3.75. The van der Waals surface area contributed by atoms with Crippen molar-refractivity contribution in [3.8, 4) is 0 Å². The lowest BCUT2D eigenvalue weighted by atomic mass is 10.0. The molecule has 0 heterocycles. The number of esters is 2. The highest BCUT2D eigenvalue weighted by molar-refractivity contribution is 5.70. The second-order valence-corrected chi connectivity index (χ2v) is 17.7. The number of carbonyl (C=O) groups is 3. The number of carboxylic acids is 1. The Labute approximate surface area is 392 Å². The molecule has 0 aliphatic rings. The van der Waals surface area contributed by atoms with Crippen LogP contribution in [-0.2, 0) is 28.6 Å². The van der Waals surface area contributed by atoms with Crippen molar-refractivity contribution in [2.75, 3.05) is 41.0 Å². The molecule has 0 radical (unpaired) electrons. The van der Waals surface area contributed by atoms with Gasteiger partial charge in [0.1, 0.15) is 12.6 Å². The van der Waals surface area contributed by atoms with Crippen molar-refractivity contribution in [3.63, 3.8) is 0 Å². The number of nitrogens with zero attached hydrogens (tertiary/aromatic N) is 1. The van der Waals surface area contributed by atoms with E-state index in [0.29, 0.717) is 12.8 Å². The number of hydrogen-bond acceptors (Lipinski definition) is 7. The van der Waals surface area contributed by atoms with Crippen molar-refractivity contribution in [1.29, 1.82) is 0 Å². The van der Waals surface area contributed by atoms with Gasteiger partial charge in [-0.3, -0.25) is 9.59 Å². The van der Waals surface area contributed by atoms with Gasteiger partial charge in [-0.25, -0.2) is 0 Å². The lowest BCUT2D eigenvalue weighted by Crippen LogP contribution is -2.55. The van der Waals surface area contributed by atoms with Gasteiger partial charge in [0.05, 0.1) is 40.3 Å². The molecule has 0 N–H and O–H groups in total. The number of aliphatic carboxylic acids is 1. The summed E-state index contributed by atoms with van der Waals surface area (Å²) in [6, 6.07) is -0.740. The van der Waals surface area contributed by atoms with Gasteiger partial charge in [0, 0.05) is 19.3 Å². The van der Waals surface area contributed by atoms with Gasteiger partial charge in [-0.05, 0) is 89.9 Å². The normalized spacial score (nSPS) is 13.7. The fraction of sp³-hybridized carbons (Fsp3) is 0.661. The number of carbonyl (C=O) groups excluding carboxylic acids is 3. The lowest BCUT2D eigenvalue weighted by molar-refractivity contribution is -0.889. The average Bonchev–Trinajstić information content (AvgIpc) is 3.26. The third-order valence-corrected chi connectivity index (χ3v) is 10.7. The minimum atomic E-state index is -1.14. The molecule has 0 aliphatic carbocycles. The fourth-order valence-electron chi connectivity index (χ4n) is 6.82. The number of ether oxygens (including phenoxy) is 3. The number of carboxylic acid groups (broad SMARTS) is 1. The predicted molar refractivity (Wildman–Crippen MR) is 268 cm³/mol. The molecule has 0 amide bonds. The molecular weight excluding hydrogens is 799 g/mol. The highest BCUT2D eigenvalue weighted by Crippen LogP contribution is 2.14. The van der Waals surface area contributed by atoms with E-state index in [-0.39, 0.29) is 49.1 Å². The molecule has 0 saturated heterocycles. The standard InChI is InChI=1S/C56H93NO7/c1-6-8-10-12-14-16-18-20-22-24-25-26-27-28-29-31-33-35-37-39-41-43-45-47-55(59)64-52(50-62-49-48-53(56(60)61)57(3,4)5)51-63-54(58)46-44-42-40-38-36-34-32-30-23-21-19-17-15-13-11-9-7-2/h8,10,14-17,20-23,25-26,32,34,38,40,52-53H,6-7,9,11-13,18-19,24,27-31,33,35-37,39,41-51H2,1-5H3/b10-8+,16-14+,17-15+,22-20+,23-21+,26-25+,34-32+,40-38+. The molecule has 364 valence electrons. The van der Waals surface area contributed by atoms with Crippen molar-refractivity contribution in [1.82, 2.24) is 0 Å². The van der Waals surface area contributed by atoms with Crippen LogP contribution in [-0.4, -0.2) is 75.5 Å². The van der Waals surface area contributed by atoms with E-state index in [1.165, 1.54) is 70.6 Å². The summed E-state index contributed by atoms with van der Waals surface area (Å²) < 4.78 is 17.2. The molecule has 0 spiro atoms. The largest absolute Gasteiger partial charge is 0.544 e. The maximum Gasteiger partial charge on any atom is 0.306 e. The van der Waals surface area contributed by atoms with Crippen LogP contribution in [0.4, 0.5) is 0 Å². The van der Waals surface area contributed by atoms with Gasteiger partial charge < -0.3 is 28.6 Å². The van der Waals surface area contributed by atoms with Crippen LogP contribution in [0.1, 0.15) is 187 Å². The molecule has 2 atom stereocenters. The van der Waals surface area contributed by atoms with Crippen LogP contribution >= 0.6 is 0 Å². The summed E-state index contributed by atoms with van der Waals surface area (Å²) in [7, 11) is 5.39. The summed E-state index contributed by atoms with van der Waals surface area (Å²) in [6.07, 6.45) is 61.6. The van der Waals surface area contributed by atoms with Gasteiger partial charge in [-0.1, -0.05) is 175 Å². The van der Waals surface area contributed by atoms with Crippen LogP contribution in [0.2, 0.25) is 0 Å². The van der Waals surface area contributed by atoms with E-state index in [1.54, 1.807) is 21.1 Å². The summed E-state index contributed by atoms with van der Waals surface area (Å²) in [4.78, 5) is 37.0. The quantitative estimate of drug-likeness (QED) is 0.0260. The molecular formula is C56H93NO7. The van der Waals surface area contributed by atoms with Crippen LogP contribution in [0, 0.1) is 0 Å². The monoisotopic (exact) mass is 892 g/mol. The maximum absolute atomic E-state index is 12.8. The topological polar surface area (TPSA) is 102 Å². The summed E-state index contributed by atoms with van der Waals surface area (Å²) in [5.41, 5.74) is 0. The van der Waals surface area contributed by atoms with E-state index in [1.807, 2.05) is 0 Å². The molecule has 0 aromatic heterocycles. The first kappa shape index (κ1) is 60.2. The number of allylic oxidation sites excluding steroid dienone is 16. The smallest absolute Gasteiger partial charge is 0.306 e. The van der Waals surface area contributed by atoms with E-state index in [9.17, 15) is 19.5 Å². The third kappa shape index (κ3) is 43.5. The highest BCUT2D eigenvalue weighted by atomic mass is 16.6. The number of rotatable bonds is 44. The average molecular weight is 892 g/mol. The minimum Gasteiger partial charge on any atom is -0.544 e. The Balaban J connectivity index is 4.34. The van der Waals surface area contributed by atoms with Gasteiger partial charge in [0.2, 0.25) is 0 Å². The highest BCUT2D eigenvalue weighted by Gasteiger charge is 2.25. The van der Waals surface area contributed by atoms with Crippen LogP contribution in [0.15, 0.2) is 97.2 Å². The van der Waals surface area contributed by atoms with Crippen LogP contribution in [0.3, 0.4) is 0 Å². The van der Waals surface area contributed by atoms with Gasteiger partial charge >= 0.3 is 11.9 Å². The van der Waals surface area contributed by atoms with Gasteiger partial charge in [0.25, 0.3) is 0 Å². The van der Waals surface area contributed by atoms with Crippen molar-refractivity contribution in [3.05, 3.63) is 97.2 Å². The SMILES string of the molecule is CC/C=C/C/C=C/C/C=C/C/C=C/CCCCCCCCCCCCC(=O)OC(COCCC(C(=O)[O-])[N+](C)(C)C)COC(=O)CCC/C=C/C/C=C/C/C=C/C/C=C/CCCCC. The number of likely N-dealkylation sites (N-methyl/N-ethyl adjacent to an activating group) is 1. The van der Waals surface area contributed by atoms with Crippen molar-refractivity contribution in [2.24, 2.45) is 0 Å². The Kier molecular flexibility index (Phi) is 43.1. The Morgan fingerprint density at radius 3 is 1.34 bits per heavy atom. The summed E-state index contributed by atoms with van der Waals surface area (Å²) in [5, 5.41) is 11.7. The van der Waals surface area contributed by atoms with Gasteiger partial charge in [-0.15, -0.1) is 0 Å². The second kappa shape index (κ2) is 45.8. The molecule has 0 bridgehead atoms. The second-order valence-electron chi connectivity index (χ2n) is 17.7. The zero-order valence-corrected chi connectivity index (χ0v) is 41.4. The summed E-state index contributed by atoms with van der Waals surface area (Å²) in [6.45, 7) is 4.45. The van der Waals surface area contributed by atoms with E-state index in [4.69, 9.17) is 14.2 Å². The van der Waals surface area contributed by atoms with E-state index >= 15 is 0 Å². The fourth-order valence-corrected chi connectivity index (χ4v) is 6.82. The van der Waals surface area contributed by atoms with Crippen molar-refractivity contribution in [2.45, 2.75) is 199 Å². The Bertz CT molecular complexity index is 1360. The Morgan fingerprint density at radius 2 is 0.891 bits per heavy atom. The molecule has 0 rings (SSSR count). The Morgan fingerprint density at radius 1 is 0.484 bits per heavy atom. The molecule has 64 heavy (non-hydrogen) atoms. The molecule has 0 aliphatic heterocycles. The molecule has 0 saturated carbocycles. The molecule has 0 fully saturated rings. The van der Waals surface area contributed by atoms with E-state index in [2.05, 4.69) is 111 Å². The first-order chi connectivity index (χ1) is 31.1. The molecule has 0 aromatic carbocycles. The molecule has 0 aromatic rings. The number of hydrogen-bond donors (Lipinski definition) is 0. The van der Waals surface area contributed by atoms with Crippen LogP contribution < -0.4 is 5.11 Å².